The molecule has 26 heavy (non-hydrogen) atoms. The minimum Gasteiger partial charge on any atom is -0.350 e. The summed E-state index contributed by atoms with van der Waals surface area (Å²) in [7, 11) is 0. The van der Waals surface area contributed by atoms with E-state index in [1.165, 1.54) is 0 Å². The van der Waals surface area contributed by atoms with Crippen LogP contribution in [0.2, 0.25) is 5.02 Å². The fourth-order valence-corrected chi connectivity index (χ4v) is 2.93. The summed E-state index contributed by atoms with van der Waals surface area (Å²) in [6.45, 7) is 0.735. The molecule has 2 aromatic carbocycles. The highest BCUT2D eigenvalue weighted by Crippen LogP contribution is 2.41. The lowest BCUT2D eigenvalue weighted by molar-refractivity contribution is 0.0954. The Morgan fingerprint density at radius 2 is 1.62 bits per heavy atom. The molecule has 0 saturated heterocycles. The van der Waals surface area contributed by atoms with Crippen LogP contribution in [0.25, 0.3) is 0 Å². The molecule has 1 saturated carbocycles. The van der Waals surface area contributed by atoms with Crippen LogP contribution in [0.4, 0.5) is 4.79 Å². The molecule has 0 bridgehead atoms. The number of carbonyl (C=O) groups excluding carboxylic acids is 2. The number of halogens is 1. The summed E-state index contributed by atoms with van der Waals surface area (Å²) in [6.07, 6.45) is 2.22. The Kier molecular flexibility index (Phi) is 6.12. The molecule has 0 spiro atoms. The Morgan fingerprint density at radius 3 is 2.27 bits per heavy atom. The number of amides is 3. The first-order chi connectivity index (χ1) is 12.6. The van der Waals surface area contributed by atoms with Crippen LogP contribution < -0.4 is 16.0 Å². The topological polar surface area (TPSA) is 70.2 Å². The molecule has 1 aliphatic rings. The Labute approximate surface area is 158 Å². The van der Waals surface area contributed by atoms with Gasteiger partial charge in [0.25, 0.3) is 5.91 Å². The van der Waals surface area contributed by atoms with Gasteiger partial charge in [0.05, 0.1) is 6.04 Å². The maximum Gasteiger partial charge on any atom is 0.315 e. The Balaban J connectivity index is 1.43. The van der Waals surface area contributed by atoms with Gasteiger partial charge in [0.2, 0.25) is 0 Å². The van der Waals surface area contributed by atoms with Gasteiger partial charge in [-0.15, -0.1) is 0 Å². The first-order valence-corrected chi connectivity index (χ1v) is 9.14. The highest BCUT2D eigenvalue weighted by molar-refractivity contribution is 6.30. The van der Waals surface area contributed by atoms with Crippen LogP contribution in [0, 0.1) is 5.92 Å². The zero-order chi connectivity index (χ0) is 18.4. The molecular formula is C20H22ClN3O2. The number of hydrogen-bond acceptors (Lipinski definition) is 2. The van der Waals surface area contributed by atoms with Crippen LogP contribution in [0.15, 0.2) is 54.6 Å². The number of urea groups is 1. The number of benzene rings is 2. The van der Waals surface area contributed by atoms with E-state index in [9.17, 15) is 9.59 Å². The van der Waals surface area contributed by atoms with Crippen LogP contribution >= 0.6 is 11.6 Å². The van der Waals surface area contributed by atoms with Gasteiger partial charge in [0, 0.05) is 23.7 Å². The highest BCUT2D eigenvalue weighted by atomic mass is 35.5. The number of rotatable bonds is 7. The molecule has 5 nitrogen and oxygen atoms in total. The Morgan fingerprint density at radius 1 is 0.962 bits per heavy atom. The largest absolute Gasteiger partial charge is 0.350 e. The minimum atomic E-state index is -0.231. The molecule has 1 aliphatic carbocycles. The molecule has 0 heterocycles. The van der Waals surface area contributed by atoms with Crippen molar-refractivity contribution in [2.45, 2.75) is 18.9 Å². The molecule has 2 aromatic rings. The van der Waals surface area contributed by atoms with Crippen molar-refractivity contribution in [1.29, 1.82) is 0 Å². The molecule has 136 valence electrons. The van der Waals surface area contributed by atoms with E-state index in [-0.39, 0.29) is 18.0 Å². The third-order valence-electron chi connectivity index (χ3n) is 4.34. The van der Waals surface area contributed by atoms with Crippen molar-refractivity contribution >= 4 is 23.5 Å². The Bertz CT molecular complexity index is 745. The van der Waals surface area contributed by atoms with Gasteiger partial charge in [-0.05, 0) is 48.6 Å². The average Bonchev–Trinajstić information content (AvgIpc) is 3.50. The van der Waals surface area contributed by atoms with E-state index in [0.29, 0.717) is 29.6 Å². The summed E-state index contributed by atoms with van der Waals surface area (Å²) < 4.78 is 0. The standard InChI is InChI=1S/C20H22ClN3O2/c21-17-10-8-15(9-11-17)18(14-6-7-14)24-20(26)23-13-12-22-19(25)16-4-2-1-3-5-16/h1-5,8-11,14,18H,6-7,12-13H2,(H,22,25)(H2,23,24,26). The van der Waals surface area contributed by atoms with E-state index in [1.54, 1.807) is 12.1 Å². The smallest absolute Gasteiger partial charge is 0.315 e. The third-order valence-corrected chi connectivity index (χ3v) is 4.59. The molecule has 0 radical (unpaired) electrons. The minimum absolute atomic E-state index is 0.00817. The zero-order valence-corrected chi connectivity index (χ0v) is 15.1. The molecule has 0 aromatic heterocycles. The summed E-state index contributed by atoms with van der Waals surface area (Å²) >= 11 is 5.94. The van der Waals surface area contributed by atoms with E-state index in [2.05, 4.69) is 16.0 Å². The van der Waals surface area contributed by atoms with Gasteiger partial charge in [0.15, 0.2) is 0 Å². The second-order valence-corrected chi connectivity index (χ2v) is 6.83. The summed E-state index contributed by atoms with van der Waals surface area (Å²) in [4.78, 5) is 24.1. The Hall–Kier alpha value is -2.53. The van der Waals surface area contributed by atoms with E-state index in [4.69, 9.17) is 11.6 Å². The van der Waals surface area contributed by atoms with E-state index >= 15 is 0 Å². The second-order valence-electron chi connectivity index (χ2n) is 6.39. The lowest BCUT2D eigenvalue weighted by atomic mass is 10.0. The van der Waals surface area contributed by atoms with Crippen molar-refractivity contribution in [3.63, 3.8) is 0 Å². The molecule has 6 heteroatoms. The van der Waals surface area contributed by atoms with Crippen LogP contribution in [-0.2, 0) is 0 Å². The summed E-state index contributed by atoms with van der Waals surface area (Å²) in [5.41, 5.74) is 1.66. The molecule has 3 rings (SSSR count). The van der Waals surface area contributed by atoms with Crippen LogP contribution in [-0.4, -0.2) is 25.0 Å². The first-order valence-electron chi connectivity index (χ1n) is 8.76. The van der Waals surface area contributed by atoms with Gasteiger partial charge >= 0.3 is 6.03 Å². The lowest BCUT2D eigenvalue weighted by Crippen LogP contribution is -2.42. The molecule has 1 unspecified atom stereocenters. The third kappa shape index (κ3) is 5.23. The van der Waals surface area contributed by atoms with Crippen molar-refractivity contribution in [3.05, 3.63) is 70.7 Å². The molecule has 3 N–H and O–H groups in total. The van der Waals surface area contributed by atoms with Gasteiger partial charge in [-0.3, -0.25) is 4.79 Å². The summed E-state index contributed by atoms with van der Waals surface area (Å²) in [5, 5.41) is 9.29. The molecule has 1 fully saturated rings. The zero-order valence-electron chi connectivity index (χ0n) is 14.4. The number of nitrogens with one attached hydrogen (secondary N) is 3. The molecular weight excluding hydrogens is 350 g/mol. The molecule has 1 atom stereocenters. The van der Waals surface area contributed by atoms with Gasteiger partial charge in [-0.25, -0.2) is 4.79 Å². The molecule has 0 aliphatic heterocycles. The predicted octanol–water partition coefficient (Wildman–Crippen LogP) is 3.52. The summed E-state index contributed by atoms with van der Waals surface area (Å²) in [6, 6.07) is 16.3. The monoisotopic (exact) mass is 371 g/mol. The first kappa shape index (κ1) is 18.3. The maximum absolute atomic E-state index is 12.2. The highest BCUT2D eigenvalue weighted by Gasteiger charge is 2.33. The fraction of sp³-hybridized carbons (Fsp3) is 0.300. The van der Waals surface area contributed by atoms with Crippen LogP contribution in [0.1, 0.15) is 34.8 Å². The summed E-state index contributed by atoms with van der Waals surface area (Å²) in [5.74, 6) is 0.324. The van der Waals surface area contributed by atoms with Gasteiger partial charge < -0.3 is 16.0 Å². The van der Waals surface area contributed by atoms with Crippen molar-refractivity contribution in [1.82, 2.24) is 16.0 Å². The molecule has 3 amide bonds. The SMILES string of the molecule is O=C(NCCNC(=O)c1ccccc1)NC(c1ccc(Cl)cc1)C1CC1. The van der Waals surface area contributed by atoms with Crippen molar-refractivity contribution in [2.24, 2.45) is 5.92 Å². The lowest BCUT2D eigenvalue weighted by Gasteiger charge is -2.19. The number of carbonyl (C=O) groups is 2. The maximum atomic E-state index is 12.2. The van der Waals surface area contributed by atoms with Crippen LogP contribution in [0.3, 0.4) is 0 Å². The van der Waals surface area contributed by atoms with Crippen molar-refractivity contribution in [2.75, 3.05) is 13.1 Å². The number of hydrogen-bond donors (Lipinski definition) is 3. The second kappa shape index (κ2) is 8.72. The van der Waals surface area contributed by atoms with Crippen molar-refractivity contribution in [3.8, 4) is 0 Å². The fourth-order valence-electron chi connectivity index (χ4n) is 2.81. The van der Waals surface area contributed by atoms with E-state index < -0.39 is 0 Å². The van der Waals surface area contributed by atoms with Gasteiger partial charge in [-0.1, -0.05) is 41.9 Å². The van der Waals surface area contributed by atoms with E-state index in [1.807, 2.05) is 42.5 Å². The predicted molar refractivity (Wildman–Crippen MR) is 102 cm³/mol. The van der Waals surface area contributed by atoms with E-state index in [0.717, 1.165) is 18.4 Å². The average molecular weight is 372 g/mol. The normalized spacial score (nSPS) is 14.3. The van der Waals surface area contributed by atoms with Gasteiger partial charge in [-0.2, -0.15) is 0 Å². The quantitative estimate of drug-likeness (QED) is 0.652. The van der Waals surface area contributed by atoms with Gasteiger partial charge in [0.1, 0.15) is 0 Å². The van der Waals surface area contributed by atoms with Crippen molar-refractivity contribution < 1.29 is 9.59 Å². The van der Waals surface area contributed by atoms with Crippen LogP contribution in [0.5, 0.6) is 0 Å².